The quantitative estimate of drug-likeness (QED) is 0.805. The molecule has 0 amide bonds. The molecule has 1 N–H and O–H groups in total. The zero-order valence-corrected chi connectivity index (χ0v) is 10.6. The van der Waals surface area contributed by atoms with E-state index in [-0.39, 0.29) is 0 Å². The lowest BCUT2D eigenvalue weighted by Gasteiger charge is -2.24. The molecule has 0 aliphatic heterocycles. The Balaban J connectivity index is 2.86. The van der Waals surface area contributed by atoms with Crippen molar-refractivity contribution >= 4 is 22.9 Å². The van der Waals surface area contributed by atoms with E-state index in [1.807, 2.05) is 13.1 Å². The van der Waals surface area contributed by atoms with E-state index in [1.54, 1.807) is 11.3 Å². The van der Waals surface area contributed by atoms with Crippen LogP contribution in [0.25, 0.3) is 0 Å². The van der Waals surface area contributed by atoms with Crippen LogP contribution in [-0.4, -0.2) is 7.05 Å². The average molecular weight is 232 g/mol. The molecule has 80 valence electrons. The molecule has 14 heavy (non-hydrogen) atoms. The molecule has 0 saturated heterocycles. The Kier molecular flexibility index (Phi) is 4.93. The minimum atomic E-state index is 0.414. The standard InChI is InChI=1S/C11H18ClNS/c1-4-8(5-2)10(13-3)11-9(12)6-7-14-11/h6-8,10,13H,4-5H2,1-3H3. The van der Waals surface area contributed by atoms with E-state index in [1.165, 1.54) is 17.7 Å². The summed E-state index contributed by atoms with van der Waals surface area (Å²) < 4.78 is 0. The van der Waals surface area contributed by atoms with Gasteiger partial charge < -0.3 is 5.32 Å². The average Bonchev–Trinajstić information content (AvgIpc) is 2.61. The van der Waals surface area contributed by atoms with Crippen LogP contribution < -0.4 is 5.32 Å². The van der Waals surface area contributed by atoms with Gasteiger partial charge in [-0.25, -0.2) is 0 Å². The maximum Gasteiger partial charge on any atom is 0.0561 e. The molecule has 3 heteroatoms. The maximum absolute atomic E-state index is 6.14. The second-order valence-electron chi connectivity index (χ2n) is 3.48. The van der Waals surface area contributed by atoms with Crippen molar-refractivity contribution in [2.45, 2.75) is 32.7 Å². The van der Waals surface area contributed by atoms with Crippen molar-refractivity contribution in [3.63, 3.8) is 0 Å². The van der Waals surface area contributed by atoms with Crippen LogP contribution in [0.5, 0.6) is 0 Å². The van der Waals surface area contributed by atoms with Crippen molar-refractivity contribution in [2.75, 3.05) is 7.05 Å². The fourth-order valence-electron chi connectivity index (χ4n) is 1.87. The van der Waals surface area contributed by atoms with Gasteiger partial charge in [-0.15, -0.1) is 11.3 Å². The van der Waals surface area contributed by atoms with Crippen LogP contribution in [0.2, 0.25) is 5.02 Å². The predicted octanol–water partition coefficient (Wildman–Crippen LogP) is 4.10. The first-order valence-corrected chi connectivity index (χ1v) is 6.40. The van der Waals surface area contributed by atoms with Gasteiger partial charge >= 0.3 is 0 Å². The largest absolute Gasteiger partial charge is 0.312 e. The molecule has 0 saturated carbocycles. The molecule has 1 aromatic rings. The molecule has 1 atom stereocenters. The van der Waals surface area contributed by atoms with Gasteiger partial charge in [0.15, 0.2) is 0 Å². The molecule has 1 rings (SSSR count). The Morgan fingerprint density at radius 1 is 1.43 bits per heavy atom. The van der Waals surface area contributed by atoms with E-state index in [4.69, 9.17) is 11.6 Å². The summed E-state index contributed by atoms with van der Waals surface area (Å²) >= 11 is 7.89. The third-order valence-corrected chi connectivity index (χ3v) is 4.20. The minimum Gasteiger partial charge on any atom is -0.312 e. The van der Waals surface area contributed by atoms with Gasteiger partial charge in [0.1, 0.15) is 0 Å². The van der Waals surface area contributed by atoms with Gasteiger partial charge in [-0.2, -0.15) is 0 Å². The van der Waals surface area contributed by atoms with Crippen LogP contribution >= 0.6 is 22.9 Å². The molecular weight excluding hydrogens is 214 g/mol. The third-order valence-electron chi connectivity index (χ3n) is 2.76. The Morgan fingerprint density at radius 2 is 2.07 bits per heavy atom. The number of hydrogen-bond donors (Lipinski definition) is 1. The van der Waals surface area contributed by atoms with Crippen molar-refractivity contribution < 1.29 is 0 Å². The number of hydrogen-bond acceptors (Lipinski definition) is 2. The summed E-state index contributed by atoms with van der Waals surface area (Å²) in [6, 6.07) is 2.39. The number of halogens is 1. The number of nitrogens with one attached hydrogen (secondary N) is 1. The van der Waals surface area contributed by atoms with Gasteiger partial charge in [-0.3, -0.25) is 0 Å². The molecule has 1 heterocycles. The van der Waals surface area contributed by atoms with Gasteiger partial charge in [-0.05, 0) is 24.4 Å². The van der Waals surface area contributed by atoms with E-state index in [2.05, 4.69) is 24.5 Å². The highest BCUT2D eigenvalue weighted by atomic mass is 35.5. The predicted molar refractivity (Wildman–Crippen MR) is 65.2 cm³/mol. The third kappa shape index (κ3) is 2.50. The van der Waals surface area contributed by atoms with Gasteiger partial charge in [0.05, 0.1) is 5.02 Å². The van der Waals surface area contributed by atoms with Gasteiger partial charge in [0.25, 0.3) is 0 Å². The van der Waals surface area contributed by atoms with Crippen LogP contribution in [0.4, 0.5) is 0 Å². The summed E-state index contributed by atoms with van der Waals surface area (Å²) in [6.45, 7) is 4.47. The van der Waals surface area contributed by atoms with E-state index in [0.29, 0.717) is 12.0 Å². The number of rotatable bonds is 5. The second kappa shape index (κ2) is 5.74. The SMILES string of the molecule is CCC(CC)C(NC)c1sccc1Cl. The van der Waals surface area contributed by atoms with Crippen molar-refractivity contribution in [3.05, 3.63) is 21.3 Å². The highest BCUT2D eigenvalue weighted by Gasteiger charge is 2.21. The lowest BCUT2D eigenvalue weighted by atomic mass is 9.93. The van der Waals surface area contributed by atoms with E-state index in [0.717, 1.165) is 5.02 Å². The van der Waals surface area contributed by atoms with Crippen molar-refractivity contribution in [3.8, 4) is 0 Å². The highest BCUT2D eigenvalue weighted by Crippen LogP contribution is 2.35. The zero-order chi connectivity index (χ0) is 10.6. The monoisotopic (exact) mass is 231 g/mol. The van der Waals surface area contributed by atoms with Crippen molar-refractivity contribution in [1.29, 1.82) is 0 Å². The summed E-state index contributed by atoms with van der Waals surface area (Å²) in [5.74, 6) is 0.677. The van der Waals surface area contributed by atoms with Gasteiger partial charge in [0, 0.05) is 10.9 Å². The van der Waals surface area contributed by atoms with Gasteiger partial charge in [0.2, 0.25) is 0 Å². The smallest absolute Gasteiger partial charge is 0.0561 e. The summed E-state index contributed by atoms with van der Waals surface area (Å²) in [4.78, 5) is 1.28. The van der Waals surface area contributed by atoms with Crippen molar-refractivity contribution in [2.24, 2.45) is 5.92 Å². The van der Waals surface area contributed by atoms with Crippen LogP contribution in [0.15, 0.2) is 11.4 Å². The molecule has 0 bridgehead atoms. The summed E-state index contributed by atoms with van der Waals surface area (Å²) in [5.41, 5.74) is 0. The molecule has 1 nitrogen and oxygen atoms in total. The van der Waals surface area contributed by atoms with Crippen LogP contribution in [-0.2, 0) is 0 Å². The van der Waals surface area contributed by atoms with Crippen LogP contribution in [0.1, 0.15) is 37.6 Å². The van der Waals surface area contributed by atoms with E-state index < -0.39 is 0 Å². The Hall–Kier alpha value is -0.0500. The number of thiophene rings is 1. The molecule has 0 spiro atoms. The molecule has 1 aromatic heterocycles. The van der Waals surface area contributed by atoms with Crippen LogP contribution in [0, 0.1) is 5.92 Å². The lowest BCUT2D eigenvalue weighted by molar-refractivity contribution is 0.364. The summed E-state index contributed by atoms with van der Waals surface area (Å²) in [5, 5.41) is 6.34. The lowest BCUT2D eigenvalue weighted by Crippen LogP contribution is -2.23. The molecule has 0 aliphatic rings. The van der Waals surface area contributed by atoms with E-state index >= 15 is 0 Å². The first-order chi connectivity index (χ1) is 6.74. The molecule has 0 aromatic carbocycles. The van der Waals surface area contributed by atoms with Crippen LogP contribution in [0.3, 0.4) is 0 Å². The molecule has 0 radical (unpaired) electrons. The fraction of sp³-hybridized carbons (Fsp3) is 0.636. The zero-order valence-electron chi connectivity index (χ0n) is 9.01. The fourth-order valence-corrected chi connectivity index (χ4v) is 3.25. The summed E-state index contributed by atoms with van der Waals surface area (Å²) in [7, 11) is 2.01. The van der Waals surface area contributed by atoms with E-state index in [9.17, 15) is 0 Å². The maximum atomic E-state index is 6.14. The first kappa shape index (κ1) is 12.0. The summed E-state index contributed by atoms with van der Waals surface area (Å²) in [6.07, 6.45) is 2.38. The topological polar surface area (TPSA) is 12.0 Å². The first-order valence-electron chi connectivity index (χ1n) is 5.14. The normalized spacial score (nSPS) is 13.5. The Morgan fingerprint density at radius 3 is 2.43 bits per heavy atom. The Labute approximate surface area is 95.5 Å². The highest BCUT2D eigenvalue weighted by molar-refractivity contribution is 7.10. The van der Waals surface area contributed by atoms with Gasteiger partial charge in [-0.1, -0.05) is 38.3 Å². The molecule has 1 unspecified atom stereocenters. The molecular formula is C11H18ClNS. The molecule has 0 aliphatic carbocycles. The van der Waals surface area contributed by atoms with Crippen molar-refractivity contribution in [1.82, 2.24) is 5.32 Å². The Bertz CT molecular complexity index is 268. The second-order valence-corrected chi connectivity index (χ2v) is 4.83. The molecule has 0 fully saturated rings. The minimum absolute atomic E-state index is 0.414.